The summed E-state index contributed by atoms with van der Waals surface area (Å²) in [6, 6.07) is 1.94. The SMILES string of the molecule is CCN(CC)c1nc2sc(C(=O)NCc3cnc(C)s3)cc2s1. The average molecular weight is 367 g/mol. The van der Waals surface area contributed by atoms with E-state index in [0.29, 0.717) is 11.4 Å². The van der Waals surface area contributed by atoms with E-state index in [1.807, 2.05) is 19.2 Å². The minimum absolute atomic E-state index is 0.0457. The molecule has 23 heavy (non-hydrogen) atoms. The molecule has 0 radical (unpaired) electrons. The zero-order valence-corrected chi connectivity index (χ0v) is 15.7. The van der Waals surface area contributed by atoms with Gasteiger partial charge in [0.25, 0.3) is 5.91 Å². The highest BCUT2D eigenvalue weighted by Crippen LogP contribution is 2.34. The molecule has 5 nitrogen and oxygen atoms in total. The second-order valence-electron chi connectivity index (χ2n) is 4.98. The van der Waals surface area contributed by atoms with Gasteiger partial charge in [0.05, 0.1) is 21.1 Å². The normalized spacial score (nSPS) is 11.1. The summed E-state index contributed by atoms with van der Waals surface area (Å²) in [7, 11) is 0. The third kappa shape index (κ3) is 3.54. The van der Waals surface area contributed by atoms with E-state index in [0.717, 1.165) is 37.6 Å². The fraction of sp³-hybridized carbons (Fsp3) is 0.400. The van der Waals surface area contributed by atoms with Crippen LogP contribution in [0.4, 0.5) is 5.13 Å². The van der Waals surface area contributed by atoms with Gasteiger partial charge in [-0.25, -0.2) is 9.97 Å². The summed E-state index contributed by atoms with van der Waals surface area (Å²) in [5, 5.41) is 4.99. The van der Waals surface area contributed by atoms with Gasteiger partial charge in [-0.15, -0.1) is 22.7 Å². The number of rotatable bonds is 6. The number of aryl methyl sites for hydroxylation is 1. The fourth-order valence-electron chi connectivity index (χ4n) is 2.21. The molecular weight excluding hydrogens is 348 g/mol. The Balaban J connectivity index is 1.70. The zero-order chi connectivity index (χ0) is 16.4. The average Bonchev–Trinajstić information content (AvgIpc) is 3.20. The molecule has 0 aliphatic carbocycles. The lowest BCUT2D eigenvalue weighted by atomic mass is 10.4. The number of nitrogens with one attached hydrogen (secondary N) is 1. The van der Waals surface area contributed by atoms with Gasteiger partial charge in [0.1, 0.15) is 4.83 Å². The van der Waals surface area contributed by atoms with Crippen molar-refractivity contribution >= 4 is 54.6 Å². The van der Waals surface area contributed by atoms with Crippen LogP contribution in [0.1, 0.15) is 33.4 Å². The molecule has 0 bridgehead atoms. The third-order valence-corrected chi connectivity index (χ3v) is 6.56. The minimum Gasteiger partial charge on any atom is -0.349 e. The Bertz CT molecular complexity index is 784. The summed E-state index contributed by atoms with van der Waals surface area (Å²) in [6.07, 6.45) is 1.81. The molecule has 0 aliphatic heterocycles. The number of amides is 1. The number of nitrogens with zero attached hydrogens (tertiary/aromatic N) is 3. The highest BCUT2D eigenvalue weighted by Gasteiger charge is 2.16. The van der Waals surface area contributed by atoms with Crippen LogP contribution in [-0.2, 0) is 6.54 Å². The van der Waals surface area contributed by atoms with Gasteiger partial charge < -0.3 is 10.2 Å². The van der Waals surface area contributed by atoms with Crippen molar-refractivity contribution in [2.75, 3.05) is 18.0 Å². The Labute approximate surface area is 147 Å². The van der Waals surface area contributed by atoms with Crippen molar-refractivity contribution in [3.8, 4) is 0 Å². The molecular formula is C15H18N4OS3. The summed E-state index contributed by atoms with van der Waals surface area (Å²) in [5.74, 6) is -0.0457. The van der Waals surface area contributed by atoms with Gasteiger partial charge in [0, 0.05) is 24.2 Å². The van der Waals surface area contributed by atoms with Crippen LogP contribution in [0.3, 0.4) is 0 Å². The third-order valence-electron chi connectivity index (χ3n) is 3.43. The maximum absolute atomic E-state index is 12.3. The monoisotopic (exact) mass is 366 g/mol. The topological polar surface area (TPSA) is 58.1 Å². The van der Waals surface area contributed by atoms with E-state index in [1.54, 1.807) is 22.7 Å². The number of thiophene rings is 1. The molecule has 0 spiro atoms. The van der Waals surface area contributed by atoms with Gasteiger partial charge in [-0.05, 0) is 26.8 Å². The molecule has 3 aromatic rings. The number of carbonyl (C=O) groups excluding carboxylic acids is 1. The van der Waals surface area contributed by atoms with Crippen molar-refractivity contribution in [3.63, 3.8) is 0 Å². The molecule has 0 aliphatic rings. The number of anilines is 1. The summed E-state index contributed by atoms with van der Waals surface area (Å²) in [5.41, 5.74) is 0. The summed E-state index contributed by atoms with van der Waals surface area (Å²) >= 11 is 4.70. The van der Waals surface area contributed by atoms with Crippen molar-refractivity contribution in [1.29, 1.82) is 0 Å². The number of hydrogen-bond acceptors (Lipinski definition) is 7. The van der Waals surface area contributed by atoms with Crippen LogP contribution in [0.25, 0.3) is 9.53 Å². The largest absolute Gasteiger partial charge is 0.349 e. The van der Waals surface area contributed by atoms with Gasteiger partial charge in [0.2, 0.25) is 0 Å². The Kier molecular flexibility index (Phi) is 4.93. The van der Waals surface area contributed by atoms with E-state index in [2.05, 4.69) is 34.0 Å². The van der Waals surface area contributed by atoms with Crippen LogP contribution in [0.15, 0.2) is 12.3 Å². The number of aromatic nitrogens is 2. The molecule has 0 atom stereocenters. The maximum atomic E-state index is 12.3. The maximum Gasteiger partial charge on any atom is 0.261 e. The van der Waals surface area contributed by atoms with E-state index in [-0.39, 0.29) is 5.91 Å². The Hall–Kier alpha value is -1.51. The lowest BCUT2D eigenvalue weighted by Crippen LogP contribution is -2.21. The van der Waals surface area contributed by atoms with Crippen LogP contribution in [0.5, 0.6) is 0 Å². The lowest BCUT2D eigenvalue weighted by Gasteiger charge is -2.16. The molecule has 3 aromatic heterocycles. The molecule has 0 fully saturated rings. The molecule has 8 heteroatoms. The quantitative estimate of drug-likeness (QED) is 0.719. The van der Waals surface area contributed by atoms with Gasteiger partial charge >= 0.3 is 0 Å². The van der Waals surface area contributed by atoms with E-state index in [4.69, 9.17) is 0 Å². The van der Waals surface area contributed by atoms with E-state index < -0.39 is 0 Å². The first kappa shape index (κ1) is 16.4. The van der Waals surface area contributed by atoms with Crippen molar-refractivity contribution in [2.45, 2.75) is 27.3 Å². The van der Waals surface area contributed by atoms with Crippen molar-refractivity contribution in [2.24, 2.45) is 0 Å². The standard InChI is InChI=1S/C15H18N4OS3/c1-4-19(5-2)15-18-14-12(23-15)6-11(22-14)13(20)17-8-10-7-16-9(3)21-10/h6-7H,4-5,8H2,1-3H3,(H,17,20). The molecule has 3 rings (SSSR count). The van der Waals surface area contributed by atoms with Gasteiger partial charge in [-0.2, -0.15) is 0 Å². The number of carbonyl (C=O) groups is 1. The number of fused-ring (bicyclic) bond motifs is 1. The summed E-state index contributed by atoms with van der Waals surface area (Å²) < 4.78 is 1.08. The first-order valence-electron chi connectivity index (χ1n) is 7.45. The van der Waals surface area contributed by atoms with E-state index >= 15 is 0 Å². The zero-order valence-electron chi connectivity index (χ0n) is 13.3. The number of hydrogen-bond donors (Lipinski definition) is 1. The minimum atomic E-state index is -0.0457. The highest BCUT2D eigenvalue weighted by atomic mass is 32.1. The summed E-state index contributed by atoms with van der Waals surface area (Å²) in [4.78, 5) is 26.1. The van der Waals surface area contributed by atoms with Crippen LogP contribution in [-0.4, -0.2) is 29.0 Å². The molecule has 0 saturated heterocycles. The van der Waals surface area contributed by atoms with Crippen LogP contribution < -0.4 is 10.2 Å². The fourth-order valence-corrected chi connectivity index (χ4v) is 5.20. The second kappa shape index (κ2) is 6.94. The predicted octanol–water partition coefficient (Wildman–Crippen LogP) is 3.90. The Morgan fingerprint density at radius 1 is 1.26 bits per heavy atom. The molecule has 122 valence electrons. The summed E-state index contributed by atoms with van der Waals surface area (Å²) in [6.45, 7) is 8.62. The molecule has 1 amide bonds. The van der Waals surface area contributed by atoms with Crippen molar-refractivity contribution in [1.82, 2.24) is 15.3 Å². The lowest BCUT2D eigenvalue weighted by molar-refractivity contribution is 0.0955. The van der Waals surface area contributed by atoms with Gasteiger partial charge in [0.15, 0.2) is 5.13 Å². The first-order valence-corrected chi connectivity index (χ1v) is 9.90. The second-order valence-corrected chi connectivity index (χ2v) is 8.34. The number of thiazole rings is 2. The van der Waals surface area contributed by atoms with E-state index in [1.165, 1.54) is 11.3 Å². The van der Waals surface area contributed by atoms with Crippen LogP contribution in [0.2, 0.25) is 0 Å². The van der Waals surface area contributed by atoms with Gasteiger partial charge in [-0.3, -0.25) is 4.79 Å². The molecule has 3 heterocycles. The van der Waals surface area contributed by atoms with Crippen LogP contribution in [0, 0.1) is 6.92 Å². The predicted molar refractivity (Wildman–Crippen MR) is 99.1 cm³/mol. The Morgan fingerprint density at radius 2 is 2.04 bits per heavy atom. The molecule has 1 N–H and O–H groups in total. The molecule has 0 aromatic carbocycles. The van der Waals surface area contributed by atoms with Gasteiger partial charge in [-0.1, -0.05) is 11.3 Å². The highest BCUT2D eigenvalue weighted by molar-refractivity contribution is 7.29. The van der Waals surface area contributed by atoms with Crippen LogP contribution >= 0.6 is 34.0 Å². The van der Waals surface area contributed by atoms with E-state index in [9.17, 15) is 4.79 Å². The molecule has 0 saturated carbocycles. The van der Waals surface area contributed by atoms with Crippen molar-refractivity contribution < 1.29 is 4.79 Å². The smallest absolute Gasteiger partial charge is 0.261 e. The Morgan fingerprint density at radius 3 is 2.65 bits per heavy atom. The molecule has 0 unspecified atom stereocenters. The van der Waals surface area contributed by atoms with Crippen molar-refractivity contribution in [3.05, 3.63) is 27.0 Å². The first-order chi connectivity index (χ1) is 11.1.